The van der Waals surface area contributed by atoms with Crippen molar-refractivity contribution in [2.45, 2.75) is 114 Å². The summed E-state index contributed by atoms with van der Waals surface area (Å²) < 4.78 is 19.2. The second kappa shape index (κ2) is 17.2. The van der Waals surface area contributed by atoms with Crippen molar-refractivity contribution in [2.75, 3.05) is 0 Å². The summed E-state index contributed by atoms with van der Waals surface area (Å²) in [4.78, 5) is 21.7. The number of hydrogen-bond donors (Lipinski definition) is 0. The number of oxazole rings is 3. The largest absolute Gasteiger partial charge is 0.435 e. The molecule has 0 spiro atoms. The zero-order chi connectivity index (χ0) is 43.6. The molecule has 0 aliphatic heterocycles. The van der Waals surface area contributed by atoms with Crippen molar-refractivity contribution in [1.29, 1.82) is 0 Å². The van der Waals surface area contributed by atoms with Gasteiger partial charge in [-0.05, 0) is 181 Å². The van der Waals surface area contributed by atoms with E-state index in [0.29, 0.717) is 35.4 Å². The molecule has 330 valence electrons. The lowest BCUT2D eigenvalue weighted by atomic mass is 9.84. The first-order valence-corrected chi connectivity index (χ1v) is 26.7. The van der Waals surface area contributed by atoms with Gasteiger partial charge in [-0.3, -0.25) is 0 Å². The Morgan fingerprint density at radius 2 is 0.606 bits per heavy atom. The number of benzene rings is 4. The van der Waals surface area contributed by atoms with Crippen molar-refractivity contribution in [3.63, 3.8) is 0 Å². The maximum atomic E-state index is 6.41. The molecule has 6 aromatic heterocycles. The molecule has 3 aliphatic rings. The molecular formula is C57H51N3O3S3. The zero-order valence-electron chi connectivity index (χ0n) is 37.0. The van der Waals surface area contributed by atoms with E-state index in [4.69, 9.17) is 28.2 Å². The summed E-state index contributed by atoms with van der Waals surface area (Å²) in [6.07, 6.45) is 19.5. The van der Waals surface area contributed by atoms with E-state index < -0.39 is 0 Å². The highest BCUT2D eigenvalue weighted by molar-refractivity contribution is 7.19. The van der Waals surface area contributed by atoms with E-state index in [2.05, 4.69) is 109 Å². The molecule has 0 radical (unpaired) electrons. The highest BCUT2D eigenvalue weighted by Crippen LogP contribution is 2.45. The van der Waals surface area contributed by atoms with E-state index >= 15 is 0 Å². The molecule has 10 aromatic rings. The molecule has 0 atom stereocenters. The second-order valence-electron chi connectivity index (χ2n) is 19.0. The molecule has 3 aliphatic carbocycles. The molecule has 0 unspecified atom stereocenters. The van der Waals surface area contributed by atoms with E-state index in [-0.39, 0.29) is 0 Å². The number of rotatable bonds is 9. The summed E-state index contributed by atoms with van der Waals surface area (Å²) in [7, 11) is 0. The Morgan fingerprint density at radius 3 is 0.909 bits per heavy atom. The lowest BCUT2D eigenvalue weighted by Gasteiger charge is -2.21. The standard InChI is InChI=1S/C57H51N3O3S3/c1-4-10-34(11-5-1)37-16-19-46-43(31-37)58-55(61-46)52-25-22-49(64-52)40-28-41(50-23-26-53(65-50)56-59-44-32-38(17-20-47(44)62-56)35-12-6-2-7-13-35)30-42(29-40)51-24-27-54(66-51)57-60-45-33-39(18-21-48(45)63-57)36-14-8-3-9-15-36/h16-36H,1-15H2. The van der Waals surface area contributed by atoms with Crippen LogP contribution in [0.5, 0.6) is 0 Å². The molecule has 0 N–H and O–H groups in total. The zero-order valence-corrected chi connectivity index (χ0v) is 39.5. The van der Waals surface area contributed by atoms with Crippen LogP contribution in [0.25, 0.3) is 96.9 Å². The minimum Gasteiger partial charge on any atom is -0.435 e. The van der Waals surface area contributed by atoms with Crippen LogP contribution in [-0.4, -0.2) is 15.0 Å². The van der Waals surface area contributed by atoms with Crippen LogP contribution in [0.3, 0.4) is 0 Å². The van der Waals surface area contributed by atoms with E-state index in [1.807, 2.05) is 0 Å². The van der Waals surface area contributed by atoms with Crippen LogP contribution in [0.4, 0.5) is 0 Å². The number of aromatic nitrogens is 3. The third-order valence-electron chi connectivity index (χ3n) is 14.7. The highest BCUT2D eigenvalue weighted by atomic mass is 32.1. The van der Waals surface area contributed by atoms with Gasteiger partial charge in [-0.2, -0.15) is 0 Å². The van der Waals surface area contributed by atoms with Gasteiger partial charge >= 0.3 is 0 Å². The quantitative estimate of drug-likeness (QED) is 0.144. The lowest BCUT2D eigenvalue weighted by molar-refractivity contribution is 0.444. The van der Waals surface area contributed by atoms with Gasteiger partial charge in [0.2, 0.25) is 17.7 Å². The fraction of sp³-hybridized carbons (Fsp3) is 0.316. The van der Waals surface area contributed by atoms with Gasteiger partial charge in [0.15, 0.2) is 16.7 Å². The Balaban J connectivity index is 0.842. The van der Waals surface area contributed by atoms with Crippen molar-refractivity contribution < 1.29 is 13.3 Å². The van der Waals surface area contributed by atoms with Crippen LogP contribution in [0.15, 0.2) is 122 Å². The summed E-state index contributed by atoms with van der Waals surface area (Å²) in [5.41, 5.74) is 13.0. The summed E-state index contributed by atoms with van der Waals surface area (Å²) in [6, 6.07) is 40.0. The van der Waals surface area contributed by atoms with Gasteiger partial charge in [-0.1, -0.05) is 76.0 Å². The predicted octanol–water partition coefficient (Wildman–Crippen LogP) is 18.4. The maximum Gasteiger partial charge on any atom is 0.237 e. The summed E-state index contributed by atoms with van der Waals surface area (Å²) in [6.45, 7) is 0. The van der Waals surface area contributed by atoms with Crippen LogP contribution in [0, 0.1) is 0 Å². The lowest BCUT2D eigenvalue weighted by Crippen LogP contribution is -2.04. The Hall–Kier alpha value is -5.61. The molecule has 6 nitrogen and oxygen atoms in total. The smallest absolute Gasteiger partial charge is 0.237 e. The van der Waals surface area contributed by atoms with Crippen molar-refractivity contribution >= 4 is 67.3 Å². The molecule has 13 rings (SSSR count). The third kappa shape index (κ3) is 7.86. The summed E-state index contributed by atoms with van der Waals surface area (Å²) in [5, 5.41) is 0. The average Bonchev–Trinajstić information content (AvgIpc) is 4.24. The molecule has 4 aromatic carbocycles. The van der Waals surface area contributed by atoms with Crippen LogP contribution in [-0.2, 0) is 0 Å². The fourth-order valence-electron chi connectivity index (χ4n) is 11.1. The van der Waals surface area contributed by atoms with Crippen molar-refractivity contribution in [3.8, 4) is 63.6 Å². The second-order valence-corrected chi connectivity index (χ2v) is 22.3. The number of hydrogen-bond acceptors (Lipinski definition) is 9. The van der Waals surface area contributed by atoms with Crippen LogP contribution < -0.4 is 0 Å². The van der Waals surface area contributed by atoms with E-state index in [1.54, 1.807) is 34.0 Å². The SMILES string of the molecule is c1c(-c2ccc(-c3nc4cc(C5CCCCC5)ccc4o3)s2)cc(-c2ccc(-c3nc4cc(C5CCCCC5)ccc4o3)s2)cc1-c1ccc(-c2nc3cc(C4CCCCC4)ccc3o2)s1. The maximum absolute atomic E-state index is 6.41. The molecule has 0 saturated heterocycles. The predicted molar refractivity (Wildman–Crippen MR) is 273 cm³/mol. The van der Waals surface area contributed by atoms with Gasteiger partial charge in [0.25, 0.3) is 0 Å². The highest BCUT2D eigenvalue weighted by Gasteiger charge is 2.23. The number of fused-ring (bicyclic) bond motifs is 3. The monoisotopic (exact) mass is 921 g/mol. The first-order valence-electron chi connectivity index (χ1n) is 24.3. The Morgan fingerprint density at radius 1 is 0.318 bits per heavy atom. The van der Waals surface area contributed by atoms with E-state index in [0.717, 1.165) is 79.3 Å². The molecule has 0 amide bonds. The van der Waals surface area contributed by atoms with Gasteiger partial charge < -0.3 is 13.3 Å². The number of nitrogens with zero attached hydrogens (tertiary/aromatic N) is 3. The van der Waals surface area contributed by atoms with Crippen molar-refractivity contribution in [3.05, 3.63) is 126 Å². The van der Waals surface area contributed by atoms with E-state index in [9.17, 15) is 0 Å². The topological polar surface area (TPSA) is 78.1 Å². The van der Waals surface area contributed by atoms with Crippen LogP contribution >= 0.6 is 34.0 Å². The third-order valence-corrected chi connectivity index (χ3v) is 18.1. The first-order chi connectivity index (χ1) is 32.6. The van der Waals surface area contributed by atoms with Gasteiger partial charge in [0, 0.05) is 14.6 Å². The Labute approximate surface area is 396 Å². The Kier molecular flexibility index (Phi) is 10.6. The average molecular weight is 922 g/mol. The Bertz CT molecular complexity index is 2990. The molecule has 66 heavy (non-hydrogen) atoms. The van der Waals surface area contributed by atoms with Crippen LogP contribution in [0.1, 0.15) is 131 Å². The summed E-state index contributed by atoms with van der Waals surface area (Å²) in [5.74, 6) is 3.91. The first kappa shape index (κ1) is 40.6. The van der Waals surface area contributed by atoms with Crippen molar-refractivity contribution in [1.82, 2.24) is 15.0 Å². The summed E-state index contributed by atoms with van der Waals surface area (Å²) >= 11 is 5.18. The van der Waals surface area contributed by atoms with Crippen molar-refractivity contribution in [2.24, 2.45) is 0 Å². The molecule has 3 fully saturated rings. The fourth-order valence-corrected chi connectivity index (χ4v) is 13.9. The van der Waals surface area contributed by atoms with Gasteiger partial charge in [-0.15, -0.1) is 34.0 Å². The molecule has 6 heterocycles. The minimum absolute atomic E-state index is 0.625. The van der Waals surface area contributed by atoms with E-state index in [1.165, 1.54) is 113 Å². The minimum atomic E-state index is 0.625. The molecule has 0 bridgehead atoms. The molecular weight excluding hydrogens is 871 g/mol. The van der Waals surface area contributed by atoms with Gasteiger partial charge in [-0.25, -0.2) is 15.0 Å². The molecule has 9 heteroatoms. The van der Waals surface area contributed by atoms with Gasteiger partial charge in [0.1, 0.15) is 16.6 Å². The molecule has 3 saturated carbocycles. The normalized spacial score (nSPS) is 16.9. The van der Waals surface area contributed by atoms with Crippen LogP contribution in [0.2, 0.25) is 0 Å². The number of thiophene rings is 3. The van der Waals surface area contributed by atoms with Gasteiger partial charge in [0.05, 0.1) is 14.6 Å².